The maximum absolute atomic E-state index is 13.0. The van der Waals surface area contributed by atoms with Crippen molar-refractivity contribution in [3.8, 4) is 0 Å². The summed E-state index contributed by atoms with van der Waals surface area (Å²) in [5.41, 5.74) is 0.927. The molecule has 1 saturated heterocycles. The Morgan fingerprint density at radius 3 is 2.19 bits per heavy atom. The number of rotatable bonds is 5. The van der Waals surface area contributed by atoms with E-state index in [4.69, 9.17) is 4.74 Å². The van der Waals surface area contributed by atoms with Gasteiger partial charge in [-0.05, 0) is 37.1 Å². The number of ether oxygens (including phenoxy) is 1. The van der Waals surface area contributed by atoms with Gasteiger partial charge in [0, 0.05) is 24.2 Å². The van der Waals surface area contributed by atoms with Gasteiger partial charge in [-0.1, -0.05) is 30.3 Å². The van der Waals surface area contributed by atoms with E-state index in [0.717, 1.165) is 0 Å². The summed E-state index contributed by atoms with van der Waals surface area (Å²) in [5.74, 6) is -1.55. The van der Waals surface area contributed by atoms with Crippen LogP contribution in [0.4, 0.5) is 4.39 Å². The van der Waals surface area contributed by atoms with Gasteiger partial charge in [-0.2, -0.15) is 0 Å². The molecular weight excluding hydrogens is 349 g/mol. The van der Waals surface area contributed by atoms with Gasteiger partial charge in [-0.25, -0.2) is 4.39 Å². The Morgan fingerprint density at radius 1 is 0.926 bits per heavy atom. The van der Waals surface area contributed by atoms with Crippen molar-refractivity contribution in [3.63, 3.8) is 0 Å². The molecule has 0 bridgehead atoms. The van der Waals surface area contributed by atoms with Crippen LogP contribution in [-0.2, 0) is 9.53 Å². The third-order valence-corrected chi connectivity index (χ3v) is 4.65. The van der Waals surface area contributed by atoms with E-state index in [1.165, 1.54) is 24.3 Å². The van der Waals surface area contributed by atoms with E-state index in [-0.39, 0.29) is 24.2 Å². The van der Waals surface area contributed by atoms with Crippen LogP contribution >= 0.6 is 0 Å². The number of esters is 1. The minimum absolute atomic E-state index is 0.180. The van der Waals surface area contributed by atoms with Crippen LogP contribution in [0.5, 0.6) is 0 Å². The summed E-state index contributed by atoms with van der Waals surface area (Å²) < 4.78 is 18.1. The molecular formula is C21H20FNO4. The largest absolute Gasteiger partial charge is 0.457 e. The highest BCUT2D eigenvalue weighted by Crippen LogP contribution is 2.20. The molecule has 2 aromatic rings. The number of benzene rings is 2. The van der Waals surface area contributed by atoms with Gasteiger partial charge in [-0.3, -0.25) is 14.4 Å². The summed E-state index contributed by atoms with van der Waals surface area (Å²) in [6, 6.07) is 14.1. The van der Waals surface area contributed by atoms with Gasteiger partial charge in [0.25, 0.3) is 5.91 Å². The molecule has 1 fully saturated rings. The number of hydrogen-bond donors (Lipinski definition) is 0. The van der Waals surface area contributed by atoms with Crippen molar-refractivity contribution in [1.29, 1.82) is 0 Å². The van der Waals surface area contributed by atoms with Gasteiger partial charge >= 0.3 is 5.97 Å². The fraction of sp³-hybridized carbons (Fsp3) is 0.286. The highest BCUT2D eigenvalue weighted by Gasteiger charge is 2.29. The summed E-state index contributed by atoms with van der Waals surface area (Å²) in [6.07, 6.45) is 0.955. The molecule has 6 heteroatoms. The second-order valence-corrected chi connectivity index (χ2v) is 6.47. The highest BCUT2D eigenvalue weighted by molar-refractivity contribution is 5.98. The second kappa shape index (κ2) is 8.58. The Balaban J connectivity index is 1.47. The number of ketones is 1. The Bertz CT molecular complexity index is 812. The lowest BCUT2D eigenvalue weighted by Gasteiger charge is -2.31. The van der Waals surface area contributed by atoms with E-state index in [0.29, 0.717) is 37.1 Å². The van der Waals surface area contributed by atoms with Gasteiger partial charge in [-0.15, -0.1) is 0 Å². The third-order valence-electron chi connectivity index (χ3n) is 4.65. The quantitative estimate of drug-likeness (QED) is 0.600. The van der Waals surface area contributed by atoms with E-state index >= 15 is 0 Å². The number of Topliss-reactive ketones (excluding diaryl/α,β-unsaturated/α-hetero) is 1. The fourth-order valence-electron chi connectivity index (χ4n) is 3.06. The van der Waals surface area contributed by atoms with Gasteiger partial charge in [0.1, 0.15) is 5.82 Å². The van der Waals surface area contributed by atoms with Crippen molar-refractivity contribution >= 4 is 17.7 Å². The smallest absolute Gasteiger partial charge is 0.309 e. The van der Waals surface area contributed by atoms with Gasteiger partial charge in [0.2, 0.25) is 0 Å². The van der Waals surface area contributed by atoms with Crippen molar-refractivity contribution in [1.82, 2.24) is 4.90 Å². The molecule has 1 aliphatic heterocycles. The second-order valence-electron chi connectivity index (χ2n) is 6.47. The number of hydrogen-bond acceptors (Lipinski definition) is 4. The van der Waals surface area contributed by atoms with E-state index in [2.05, 4.69) is 0 Å². The Morgan fingerprint density at radius 2 is 1.56 bits per heavy atom. The summed E-state index contributed by atoms with van der Waals surface area (Å²) in [5, 5.41) is 0. The third kappa shape index (κ3) is 4.78. The normalized spacial score (nSPS) is 14.6. The van der Waals surface area contributed by atoms with Crippen LogP contribution in [0.2, 0.25) is 0 Å². The minimum Gasteiger partial charge on any atom is -0.457 e. The lowest BCUT2D eigenvalue weighted by molar-refractivity contribution is -0.148. The van der Waals surface area contributed by atoms with E-state index in [1.54, 1.807) is 29.2 Å². The molecule has 0 aliphatic carbocycles. The van der Waals surface area contributed by atoms with Crippen LogP contribution in [-0.4, -0.2) is 42.3 Å². The molecule has 0 N–H and O–H groups in total. The fourth-order valence-corrected chi connectivity index (χ4v) is 3.06. The van der Waals surface area contributed by atoms with Crippen LogP contribution in [0.3, 0.4) is 0 Å². The Labute approximate surface area is 156 Å². The SMILES string of the molecule is O=C(COC(=O)C1CCN(C(=O)c2ccc(F)cc2)CC1)c1ccccc1. The first-order valence-corrected chi connectivity index (χ1v) is 8.84. The molecule has 3 rings (SSSR count). The summed E-state index contributed by atoms with van der Waals surface area (Å²) in [4.78, 5) is 38.2. The number of halogens is 1. The average molecular weight is 369 g/mol. The molecule has 0 radical (unpaired) electrons. The number of piperidine rings is 1. The monoisotopic (exact) mass is 369 g/mol. The molecule has 1 aliphatic rings. The summed E-state index contributed by atoms with van der Waals surface area (Å²) in [7, 11) is 0. The molecule has 0 unspecified atom stereocenters. The predicted octanol–water partition coefficient (Wildman–Crippen LogP) is 3.10. The van der Waals surface area contributed by atoms with Crippen LogP contribution < -0.4 is 0 Å². The lowest BCUT2D eigenvalue weighted by Crippen LogP contribution is -2.40. The number of amides is 1. The maximum atomic E-state index is 13.0. The average Bonchev–Trinajstić information content (AvgIpc) is 2.72. The molecule has 5 nitrogen and oxygen atoms in total. The van der Waals surface area contributed by atoms with Crippen LogP contribution in [0, 0.1) is 11.7 Å². The van der Waals surface area contributed by atoms with E-state index in [1.807, 2.05) is 6.07 Å². The first-order valence-electron chi connectivity index (χ1n) is 8.84. The molecule has 140 valence electrons. The summed E-state index contributed by atoms with van der Waals surface area (Å²) >= 11 is 0. The zero-order chi connectivity index (χ0) is 19.2. The maximum Gasteiger partial charge on any atom is 0.309 e. The van der Waals surface area contributed by atoms with E-state index in [9.17, 15) is 18.8 Å². The summed E-state index contributed by atoms with van der Waals surface area (Å²) in [6.45, 7) is 0.558. The van der Waals surface area contributed by atoms with Crippen molar-refractivity contribution in [2.45, 2.75) is 12.8 Å². The van der Waals surface area contributed by atoms with Crippen molar-refractivity contribution < 1.29 is 23.5 Å². The molecule has 0 atom stereocenters. The van der Waals surface area contributed by atoms with Crippen molar-refractivity contribution in [2.24, 2.45) is 5.92 Å². The van der Waals surface area contributed by atoms with Gasteiger partial charge in [0.05, 0.1) is 5.92 Å². The molecule has 0 saturated carbocycles. The standard InChI is InChI=1S/C21H20FNO4/c22-18-8-6-16(7-9-18)20(25)23-12-10-17(11-13-23)21(26)27-14-19(24)15-4-2-1-3-5-15/h1-9,17H,10-14H2. The van der Waals surface area contributed by atoms with Gasteiger partial charge < -0.3 is 9.64 Å². The predicted molar refractivity (Wildman–Crippen MR) is 96.8 cm³/mol. The number of nitrogens with zero attached hydrogens (tertiary/aromatic N) is 1. The topological polar surface area (TPSA) is 63.7 Å². The highest BCUT2D eigenvalue weighted by atomic mass is 19.1. The molecule has 0 spiro atoms. The lowest BCUT2D eigenvalue weighted by atomic mass is 9.96. The molecule has 1 heterocycles. The number of likely N-dealkylation sites (tertiary alicyclic amines) is 1. The van der Waals surface area contributed by atoms with Crippen LogP contribution in [0.1, 0.15) is 33.6 Å². The zero-order valence-corrected chi connectivity index (χ0v) is 14.8. The molecule has 0 aromatic heterocycles. The first-order chi connectivity index (χ1) is 13.0. The number of carbonyl (C=O) groups is 3. The zero-order valence-electron chi connectivity index (χ0n) is 14.8. The van der Waals surface area contributed by atoms with Gasteiger partial charge in [0.15, 0.2) is 12.4 Å². The minimum atomic E-state index is -0.409. The Hall–Kier alpha value is -3.02. The molecule has 27 heavy (non-hydrogen) atoms. The Kier molecular flexibility index (Phi) is 5.96. The van der Waals surface area contributed by atoms with Crippen LogP contribution in [0.15, 0.2) is 54.6 Å². The van der Waals surface area contributed by atoms with Crippen LogP contribution in [0.25, 0.3) is 0 Å². The van der Waals surface area contributed by atoms with Crippen molar-refractivity contribution in [3.05, 3.63) is 71.5 Å². The van der Waals surface area contributed by atoms with Crippen molar-refractivity contribution in [2.75, 3.05) is 19.7 Å². The molecule has 1 amide bonds. The van der Waals surface area contributed by atoms with E-state index < -0.39 is 11.8 Å². The first kappa shape index (κ1) is 18.8. The molecule has 2 aromatic carbocycles. The number of carbonyl (C=O) groups excluding carboxylic acids is 3.